The first kappa shape index (κ1) is 11.7. The highest BCUT2D eigenvalue weighted by atomic mass is 16.3. The molecule has 0 amide bonds. The maximum absolute atomic E-state index is 11.1. The van der Waals surface area contributed by atoms with Crippen LogP contribution in [0.25, 0.3) is 0 Å². The first-order valence-electron chi connectivity index (χ1n) is 4.64. The van der Waals surface area contributed by atoms with Crippen molar-refractivity contribution in [3.05, 3.63) is 12.7 Å². The number of rotatable bonds is 7. The lowest BCUT2D eigenvalue weighted by atomic mass is 10.0. The summed E-state index contributed by atoms with van der Waals surface area (Å²) in [7, 11) is 0. The predicted molar refractivity (Wildman–Crippen MR) is 47.9 cm³/mol. The monoisotopic (exact) mass is 170 g/mol. The molecule has 0 bridgehead atoms. The molecule has 0 aliphatic heterocycles. The Morgan fingerprint density at radius 1 is 1.25 bits per heavy atom. The minimum absolute atomic E-state index is 0.306. The van der Waals surface area contributed by atoms with E-state index in [1.807, 2.05) is 0 Å². The molecule has 2 nitrogen and oxygen atoms in total. The van der Waals surface area contributed by atoms with Gasteiger partial charge in [0.25, 0.3) is 0 Å². The molecule has 12 heavy (non-hydrogen) atoms. The largest absolute Gasteiger partial charge is 0.230 e. The van der Waals surface area contributed by atoms with E-state index in [4.69, 9.17) is 0 Å². The van der Waals surface area contributed by atoms with Crippen LogP contribution in [0.4, 0.5) is 0 Å². The van der Waals surface area contributed by atoms with Gasteiger partial charge in [-0.2, -0.15) is 0 Å². The Labute approximate surface area is 74.9 Å². The second kappa shape index (κ2) is 7.32. The first-order chi connectivity index (χ1) is 5.72. The zero-order chi connectivity index (χ0) is 9.40. The Hall–Kier alpha value is -0.340. The van der Waals surface area contributed by atoms with Crippen LogP contribution in [0.3, 0.4) is 0 Å². The van der Waals surface area contributed by atoms with Gasteiger partial charge >= 0.3 is 0 Å². The zero-order valence-corrected chi connectivity index (χ0v) is 7.79. The molecule has 0 aliphatic carbocycles. The second-order valence-corrected chi connectivity index (χ2v) is 3.10. The topological polar surface area (TPSA) is 39.8 Å². The Bertz CT molecular complexity index is 112. The van der Waals surface area contributed by atoms with Gasteiger partial charge in [-0.05, 0) is 12.8 Å². The van der Waals surface area contributed by atoms with Gasteiger partial charge in [-0.15, -0.1) is 6.58 Å². The highest BCUT2D eigenvalue weighted by molar-refractivity contribution is 4.76. The minimum atomic E-state index is -0.987. The summed E-state index contributed by atoms with van der Waals surface area (Å²) < 4.78 is 0. The maximum Gasteiger partial charge on any atom is 0.126 e. The summed E-state index contributed by atoms with van der Waals surface area (Å²) in [6.45, 7) is 5.52. The number of hydrogen-bond donors (Lipinski definition) is 0. The predicted octanol–water partition coefficient (Wildman–Crippen LogP) is 2.74. The van der Waals surface area contributed by atoms with Crippen molar-refractivity contribution in [3.63, 3.8) is 0 Å². The minimum Gasteiger partial charge on any atom is -0.230 e. The fourth-order valence-corrected chi connectivity index (χ4v) is 1.10. The third-order valence-corrected chi connectivity index (χ3v) is 1.91. The van der Waals surface area contributed by atoms with E-state index in [9.17, 15) is 10.2 Å². The van der Waals surface area contributed by atoms with Crippen LogP contribution >= 0.6 is 0 Å². The SMILES string of the molecule is C=CC[C@H]([O])[C@@H]([O])CCCCC. The van der Waals surface area contributed by atoms with Gasteiger partial charge in [0.1, 0.15) is 12.2 Å². The van der Waals surface area contributed by atoms with Gasteiger partial charge in [0, 0.05) is 0 Å². The van der Waals surface area contributed by atoms with E-state index in [1.54, 1.807) is 0 Å². The van der Waals surface area contributed by atoms with E-state index < -0.39 is 12.2 Å². The van der Waals surface area contributed by atoms with Crippen LogP contribution in [0.15, 0.2) is 12.7 Å². The summed E-state index contributed by atoms with van der Waals surface area (Å²) >= 11 is 0. The van der Waals surface area contributed by atoms with Crippen molar-refractivity contribution in [1.29, 1.82) is 0 Å². The Kier molecular flexibility index (Phi) is 7.11. The molecular weight excluding hydrogens is 152 g/mol. The van der Waals surface area contributed by atoms with Gasteiger partial charge < -0.3 is 0 Å². The van der Waals surface area contributed by atoms with E-state index in [2.05, 4.69) is 13.5 Å². The van der Waals surface area contributed by atoms with Gasteiger partial charge in [-0.25, -0.2) is 10.2 Å². The first-order valence-corrected chi connectivity index (χ1v) is 4.64. The van der Waals surface area contributed by atoms with E-state index in [-0.39, 0.29) is 0 Å². The standard InChI is InChI=1S/C10H18O2/c1-3-5-6-8-10(12)9(11)7-4-2/h4,9-10H,2-3,5-8H2,1H3/t9-,10-/m0/s1. The third kappa shape index (κ3) is 5.33. The van der Waals surface area contributed by atoms with Gasteiger partial charge in [0.05, 0.1) is 0 Å². The lowest BCUT2D eigenvalue weighted by Gasteiger charge is -2.11. The average molecular weight is 170 g/mol. The summed E-state index contributed by atoms with van der Waals surface area (Å²) in [5, 5.41) is 22.2. The van der Waals surface area contributed by atoms with Crippen LogP contribution in [0.1, 0.15) is 39.0 Å². The second-order valence-electron chi connectivity index (χ2n) is 3.10. The van der Waals surface area contributed by atoms with E-state index in [0.29, 0.717) is 12.8 Å². The van der Waals surface area contributed by atoms with Crippen LogP contribution in [-0.2, 0) is 10.2 Å². The molecule has 0 fully saturated rings. The van der Waals surface area contributed by atoms with Gasteiger partial charge in [0.15, 0.2) is 0 Å². The molecule has 0 saturated carbocycles. The lowest BCUT2D eigenvalue weighted by Crippen LogP contribution is -2.22. The molecule has 2 radical (unpaired) electrons. The molecule has 2 heteroatoms. The summed E-state index contributed by atoms with van der Waals surface area (Å²) in [5.41, 5.74) is 0. The molecule has 0 N–H and O–H groups in total. The highest BCUT2D eigenvalue weighted by Gasteiger charge is 2.17. The molecule has 70 valence electrons. The molecule has 0 heterocycles. The average Bonchev–Trinajstić information content (AvgIpc) is 2.05. The molecule has 0 aliphatic rings. The van der Waals surface area contributed by atoms with E-state index >= 15 is 0 Å². The molecule has 0 saturated heterocycles. The summed E-state index contributed by atoms with van der Waals surface area (Å²) in [5.74, 6) is 0. The van der Waals surface area contributed by atoms with Crippen molar-refractivity contribution < 1.29 is 10.2 Å². The van der Waals surface area contributed by atoms with Gasteiger partial charge in [-0.1, -0.05) is 32.3 Å². The lowest BCUT2D eigenvalue weighted by molar-refractivity contribution is -0.0623. The van der Waals surface area contributed by atoms with Crippen molar-refractivity contribution in [3.8, 4) is 0 Å². The smallest absolute Gasteiger partial charge is 0.126 e. The van der Waals surface area contributed by atoms with E-state index in [1.165, 1.54) is 6.08 Å². The van der Waals surface area contributed by atoms with Crippen LogP contribution < -0.4 is 0 Å². The fourth-order valence-electron chi connectivity index (χ4n) is 1.10. The summed E-state index contributed by atoms with van der Waals surface area (Å²) in [6, 6.07) is 0. The maximum atomic E-state index is 11.1. The van der Waals surface area contributed by atoms with Gasteiger partial charge in [-0.3, -0.25) is 0 Å². The molecular formula is C10H18O2. The van der Waals surface area contributed by atoms with Crippen molar-refractivity contribution in [2.75, 3.05) is 0 Å². The molecule has 0 unspecified atom stereocenters. The molecule has 0 spiro atoms. The normalized spacial score (nSPS) is 15.6. The molecule has 2 atom stereocenters. The molecule has 0 aromatic carbocycles. The highest BCUT2D eigenvalue weighted by Crippen LogP contribution is 2.10. The Balaban J connectivity index is 3.41. The van der Waals surface area contributed by atoms with Crippen LogP contribution in [0, 0.1) is 0 Å². The van der Waals surface area contributed by atoms with Crippen molar-refractivity contribution >= 4 is 0 Å². The molecule has 0 aromatic heterocycles. The Morgan fingerprint density at radius 2 is 1.92 bits per heavy atom. The summed E-state index contributed by atoms with van der Waals surface area (Å²) in [6.07, 6.45) is 3.48. The van der Waals surface area contributed by atoms with Crippen molar-refractivity contribution in [2.45, 2.75) is 51.2 Å². The third-order valence-electron chi connectivity index (χ3n) is 1.91. The van der Waals surface area contributed by atoms with Crippen LogP contribution in [0.5, 0.6) is 0 Å². The number of hydrogen-bond acceptors (Lipinski definition) is 0. The molecule has 0 rings (SSSR count). The fraction of sp³-hybridized carbons (Fsp3) is 0.800. The van der Waals surface area contributed by atoms with Crippen LogP contribution in [-0.4, -0.2) is 12.2 Å². The summed E-state index contributed by atoms with van der Waals surface area (Å²) in [4.78, 5) is 0. The molecule has 0 aromatic rings. The van der Waals surface area contributed by atoms with E-state index in [0.717, 1.165) is 19.3 Å². The Morgan fingerprint density at radius 3 is 2.42 bits per heavy atom. The van der Waals surface area contributed by atoms with Crippen molar-refractivity contribution in [2.24, 2.45) is 0 Å². The quantitative estimate of drug-likeness (QED) is 0.416. The van der Waals surface area contributed by atoms with Gasteiger partial charge in [0.2, 0.25) is 0 Å². The zero-order valence-electron chi connectivity index (χ0n) is 7.79. The van der Waals surface area contributed by atoms with Crippen molar-refractivity contribution in [1.82, 2.24) is 0 Å². The number of unbranched alkanes of at least 4 members (excludes halogenated alkanes) is 2. The van der Waals surface area contributed by atoms with Crippen LogP contribution in [0.2, 0.25) is 0 Å².